The molecule has 1 aliphatic heterocycles. The first-order valence-electron chi connectivity index (χ1n) is 6.43. The molecular formula is C12H27IN4S. The van der Waals surface area contributed by atoms with Gasteiger partial charge in [-0.2, -0.15) is 11.8 Å². The Morgan fingerprint density at radius 2 is 2.17 bits per heavy atom. The van der Waals surface area contributed by atoms with Crippen LogP contribution >= 0.6 is 35.7 Å². The standard InChI is InChI=1S/C12H26N4S.HI/c1-13-12(14-7-5-8-16(2)3)15-10-11-6-4-9-17-11;/h11H,4-10H2,1-3H3,(H2,13,14,15);1H. The first-order chi connectivity index (χ1) is 8.22. The van der Waals surface area contributed by atoms with Gasteiger partial charge in [0.15, 0.2) is 5.96 Å². The largest absolute Gasteiger partial charge is 0.356 e. The van der Waals surface area contributed by atoms with Crippen molar-refractivity contribution >= 4 is 41.7 Å². The fourth-order valence-corrected chi connectivity index (χ4v) is 3.04. The Hall–Kier alpha value is 0.310. The van der Waals surface area contributed by atoms with Gasteiger partial charge < -0.3 is 15.5 Å². The highest BCUT2D eigenvalue weighted by Gasteiger charge is 2.15. The number of hydrogen-bond acceptors (Lipinski definition) is 3. The molecule has 0 saturated carbocycles. The molecule has 1 rings (SSSR count). The molecule has 108 valence electrons. The quantitative estimate of drug-likeness (QED) is 0.315. The highest BCUT2D eigenvalue weighted by atomic mass is 127. The number of aliphatic imine (C=N–C) groups is 1. The summed E-state index contributed by atoms with van der Waals surface area (Å²) in [5, 5.41) is 7.53. The van der Waals surface area contributed by atoms with E-state index >= 15 is 0 Å². The molecule has 6 heteroatoms. The van der Waals surface area contributed by atoms with Crippen molar-refractivity contribution in [3.8, 4) is 0 Å². The minimum absolute atomic E-state index is 0. The summed E-state index contributed by atoms with van der Waals surface area (Å²) in [5.74, 6) is 2.26. The number of hydrogen-bond donors (Lipinski definition) is 2. The summed E-state index contributed by atoms with van der Waals surface area (Å²) < 4.78 is 0. The normalized spacial score (nSPS) is 19.8. The van der Waals surface area contributed by atoms with Gasteiger partial charge in [0.05, 0.1) is 0 Å². The van der Waals surface area contributed by atoms with E-state index in [9.17, 15) is 0 Å². The van der Waals surface area contributed by atoms with E-state index in [1.54, 1.807) is 0 Å². The molecular weight excluding hydrogens is 359 g/mol. The Bertz CT molecular complexity index is 230. The van der Waals surface area contributed by atoms with Crippen LogP contribution in [0.2, 0.25) is 0 Å². The van der Waals surface area contributed by atoms with Crippen molar-refractivity contribution in [1.29, 1.82) is 0 Å². The molecule has 0 aliphatic carbocycles. The molecule has 1 heterocycles. The van der Waals surface area contributed by atoms with E-state index in [-0.39, 0.29) is 24.0 Å². The van der Waals surface area contributed by atoms with Gasteiger partial charge in [0, 0.05) is 25.4 Å². The fourth-order valence-electron chi connectivity index (χ4n) is 1.84. The summed E-state index contributed by atoms with van der Waals surface area (Å²) >= 11 is 2.08. The van der Waals surface area contributed by atoms with Crippen molar-refractivity contribution < 1.29 is 0 Å². The highest BCUT2D eigenvalue weighted by Crippen LogP contribution is 2.25. The molecule has 0 aromatic rings. The first kappa shape index (κ1) is 18.3. The van der Waals surface area contributed by atoms with Gasteiger partial charge in [0.2, 0.25) is 0 Å². The van der Waals surface area contributed by atoms with Crippen molar-refractivity contribution in [2.45, 2.75) is 24.5 Å². The molecule has 1 saturated heterocycles. The molecule has 0 amide bonds. The lowest BCUT2D eigenvalue weighted by Crippen LogP contribution is -2.41. The lowest BCUT2D eigenvalue weighted by molar-refractivity contribution is 0.399. The Kier molecular flexibility index (Phi) is 11.4. The third-order valence-electron chi connectivity index (χ3n) is 2.82. The van der Waals surface area contributed by atoms with Crippen LogP contribution in [0, 0.1) is 0 Å². The maximum atomic E-state index is 4.24. The zero-order chi connectivity index (χ0) is 12.5. The van der Waals surface area contributed by atoms with Gasteiger partial charge in [-0.05, 0) is 45.7 Å². The molecule has 1 aliphatic rings. The van der Waals surface area contributed by atoms with Crippen molar-refractivity contribution in [1.82, 2.24) is 15.5 Å². The lowest BCUT2D eigenvalue weighted by atomic mass is 10.2. The zero-order valence-corrected chi connectivity index (χ0v) is 14.9. The first-order valence-corrected chi connectivity index (χ1v) is 7.48. The number of rotatable bonds is 6. The van der Waals surface area contributed by atoms with Crippen LogP contribution in [0.15, 0.2) is 4.99 Å². The van der Waals surface area contributed by atoms with Crippen LogP contribution in [-0.2, 0) is 0 Å². The molecule has 1 fully saturated rings. The monoisotopic (exact) mass is 386 g/mol. The molecule has 0 spiro atoms. The smallest absolute Gasteiger partial charge is 0.191 e. The van der Waals surface area contributed by atoms with Crippen LogP contribution < -0.4 is 10.6 Å². The highest BCUT2D eigenvalue weighted by molar-refractivity contribution is 14.0. The Morgan fingerprint density at radius 3 is 2.72 bits per heavy atom. The van der Waals surface area contributed by atoms with Gasteiger partial charge in [-0.1, -0.05) is 0 Å². The fraction of sp³-hybridized carbons (Fsp3) is 0.917. The summed E-state index contributed by atoms with van der Waals surface area (Å²) in [6, 6.07) is 0. The summed E-state index contributed by atoms with van der Waals surface area (Å²) in [7, 11) is 6.04. The average molecular weight is 386 g/mol. The third kappa shape index (κ3) is 8.42. The topological polar surface area (TPSA) is 39.7 Å². The maximum Gasteiger partial charge on any atom is 0.191 e. The molecule has 18 heavy (non-hydrogen) atoms. The summed E-state index contributed by atoms with van der Waals surface area (Å²) in [5.41, 5.74) is 0. The number of nitrogens with one attached hydrogen (secondary N) is 2. The zero-order valence-electron chi connectivity index (χ0n) is 11.7. The third-order valence-corrected chi connectivity index (χ3v) is 4.22. The number of nitrogens with zero attached hydrogens (tertiary/aromatic N) is 2. The van der Waals surface area contributed by atoms with Crippen LogP contribution in [0.3, 0.4) is 0 Å². The van der Waals surface area contributed by atoms with Gasteiger partial charge in [-0.15, -0.1) is 24.0 Å². The predicted octanol–water partition coefficient (Wildman–Crippen LogP) is 1.62. The van der Waals surface area contributed by atoms with Gasteiger partial charge in [0.1, 0.15) is 0 Å². The summed E-state index contributed by atoms with van der Waals surface area (Å²) in [6.45, 7) is 3.14. The molecule has 4 nitrogen and oxygen atoms in total. The van der Waals surface area contributed by atoms with Crippen LogP contribution in [0.1, 0.15) is 19.3 Å². The number of halogens is 1. The maximum absolute atomic E-state index is 4.24. The lowest BCUT2D eigenvalue weighted by Gasteiger charge is -2.15. The van der Waals surface area contributed by atoms with E-state index in [1.165, 1.54) is 18.6 Å². The second-order valence-electron chi connectivity index (χ2n) is 4.67. The summed E-state index contributed by atoms with van der Waals surface area (Å²) in [6.07, 6.45) is 3.85. The molecule has 0 aromatic heterocycles. The molecule has 1 unspecified atom stereocenters. The average Bonchev–Trinajstić information content (AvgIpc) is 2.81. The van der Waals surface area contributed by atoms with Crippen LogP contribution in [0.25, 0.3) is 0 Å². The Morgan fingerprint density at radius 1 is 1.39 bits per heavy atom. The summed E-state index contributed by atoms with van der Waals surface area (Å²) in [4.78, 5) is 6.44. The van der Waals surface area contributed by atoms with Crippen LogP contribution in [0.4, 0.5) is 0 Å². The van der Waals surface area contributed by atoms with Gasteiger partial charge in [-0.25, -0.2) is 0 Å². The van der Waals surface area contributed by atoms with E-state index in [0.717, 1.165) is 37.3 Å². The molecule has 0 aromatic carbocycles. The second-order valence-corrected chi connectivity index (χ2v) is 6.08. The van der Waals surface area contributed by atoms with Crippen molar-refractivity contribution in [3.05, 3.63) is 0 Å². The van der Waals surface area contributed by atoms with Crippen molar-refractivity contribution in [2.24, 2.45) is 4.99 Å². The van der Waals surface area contributed by atoms with E-state index in [2.05, 4.69) is 46.4 Å². The minimum atomic E-state index is 0. The number of thioether (sulfide) groups is 1. The van der Waals surface area contributed by atoms with Crippen LogP contribution in [-0.4, -0.2) is 62.6 Å². The van der Waals surface area contributed by atoms with Gasteiger partial charge in [0.25, 0.3) is 0 Å². The van der Waals surface area contributed by atoms with Crippen LogP contribution in [0.5, 0.6) is 0 Å². The van der Waals surface area contributed by atoms with E-state index in [4.69, 9.17) is 0 Å². The van der Waals surface area contributed by atoms with E-state index in [0.29, 0.717) is 0 Å². The Balaban J connectivity index is 0.00000289. The SMILES string of the molecule is CN=C(NCCCN(C)C)NCC1CCCS1.I. The molecule has 0 bridgehead atoms. The Labute approximate surface area is 133 Å². The van der Waals surface area contributed by atoms with E-state index in [1.807, 2.05) is 7.05 Å². The molecule has 1 atom stereocenters. The minimum Gasteiger partial charge on any atom is -0.356 e. The molecule has 2 N–H and O–H groups in total. The van der Waals surface area contributed by atoms with E-state index < -0.39 is 0 Å². The molecule has 0 radical (unpaired) electrons. The van der Waals surface area contributed by atoms with Gasteiger partial charge in [-0.3, -0.25) is 4.99 Å². The van der Waals surface area contributed by atoms with Crippen molar-refractivity contribution in [2.75, 3.05) is 46.5 Å². The second kappa shape index (κ2) is 11.2. The van der Waals surface area contributed by atoms with Crippen molar-refractivity contribution in [3.63, 3.8) is 0 Å². The van der Waals surface area contributed by atoms with Gasteiger partial charge >= 0.3 is 0 Å². The number of guanidine groups is 1. The predicted molar refractivity (Wildman–Crippen MR) is 93.4 cm³/mol.